The molecule has 1 aliphatic carbocycles. The quantitative estimate of drug-likeness (QED) is 0.125. The molecule has 1 heteroatoms. The van der Waals surface area contributed by atoms with Crippen LogP contribution in [-0.2, 0) is 6.42 Å². The summed E-state index contributed by atoms with van der Waals surface area (Å²) < 4.78 is 0. The fraction of sp³-hybridized carbons (Fsp3) is 0.200. The van der Waals surface area contributed by atoms with Crippen LogP contribution in [0.2, 0.25) is 0 Å². The Morgan fingerprint density at radius 1 is 0.470 bits per heavy atom. The highest BCUT2D eigenvalue weighted by atomic mass is 14.5. The maximum Gasteiger partial charge on any atom is 0.00180 e. The molecule has 0 spiro atoms. The molecule has 0 aromatic heterocycles. The molecule has 334 valence electrons. The Morgan fingerprint density at radius 3 is 1.68 bits per heavy atom. The van der Waals surface area contributed by atoms with E-state index in [9.17, 15) is 0 Å². The number of hydrogen-bond acceptors (Lipinski definition) is 1. The number of aryl methyl sites for hydroxylation is 8. The van der Waals surface area contributed by atoms with Gasteiger partial charge in [-0.3, -0.25) is 0 Å². The highest BCUT2D eigenvalue weighted by Crippen LogP contribution is 2.34. The van der Waals surface area contributed by atoms with Gasteiger partial charge in [0.15, 0.2) is 0 Å². The summed E-state index contributed by atoms with van der Waals surface area (Å²) in [7, 11) is 0. The SMILES string of the molecule is Cc1ccc(-c2cc(-c3ccc(C)cc3C)c(C)cc2C)cc1.Cc1ccc(-c2cccc3ccccc23)cc1.Cc1ccc(C2C=CCCC2)cc1.Cc1cccc(C/C=C\C=C/N)c1. The first-order valence-electron chi connectivity index (χ1n) is 23.6. The van der Waals surface area contributed by atoms with E-state index in [2.05, 4.69) is 243 Å². The summed E-state index contributed by atoms with van der Waals surface area (Å²) in [5.74, 6) is 0.675. The zero-order valence-electron chi connectivity index (χ0n) is 40.6. The van der Waals surface area contributed by atoms with Crippen LogP contribution in [0.1, 0.15) is 80.8 Å². The van der Waals surface area contributed by atoms with Gasteiger partial charge in [-0.1, -0.05) is 216 Å². The van der Waals surface area contributed by atoms with Crippen LogP contribution in [0.5, 0.6) is 0 Å². The van der Waals surface area contributed by atoms with Gasteiger partial charge in [0.2, 0.25) is 0 Å². The first-order valence-corrected chi connectivity index (χ1v) is 23.6. The van der Waals surface area contributed by atoms with E-state index in [0.29, 0.717) is 5.92 Å². The average molecular weight is 864 g/mol. The molecule has 1 unspecified atom stereocenters. The molecule has 0 amide bonds. The van der Waals surface area contributed by atoms with E-state index in [-0.39, 0.29) is 0 Å². The van der Waals surface area contributed by atoms with Crippen molar-refractivity contribution >= 4 is 10.8 Å². The minimum absolute atomic E-state index is 0.675. The number of allylic oxidation sites excluding steroid dienone is 5. The lowest BCUT2D eigenvalue weighted by Gasteiger charge is -2.16. The summed E-state index contributed by atoms with van der Waals surface area (Å²) in [5, 5.41) is 2.62. The normalized spacial score (nSPS) is 13.1. The zero-order chi connectivity index (χ0) is 46.8. The Labute approximate surface area is 397 Å². The molecule has 0 fully saturated rings. The van der Waals surface area contributed by atoms with Crippen LogP contribution in [0, 0.1) is 55.4 Å². The molecule has 1 atom stereocenters. The molecule has 0 radical (unpaired) electrons. The lowest BCUT2D eigenvalue weighted by Crippen LogP contribution is -1.98. The molecule has 1 aliphatic rings. The molecule has 66 heavy (non-hydrogen) atoms. The van der Waals surface area contributed by atoms with Crippen molar-refractivity contribution in [3.8, 4) is 33.4 Å². The van der Waals surface area contributed by atoms with Crippen molar-refractivity contribution in [1.82, 2.24) is 0 Å². The summed E-state index contributed by atoms with van der Waals surface area (Å²) >= 11 is 0. The molecule has 0 saturated carbocycles. The largest absolute Gasteiger partial charge is 0.405 e. The van der Waals surface area contributed by atoms with Gasteiger partial charge in [-0.05, 0) is 171 Å². The molecule has 2 N–H and O–H groups in total. The minimum atomic E-state index is 0.675. The summed E-state index contributed by atoms with van der Waals surface area (Å²) in [6, 6.07) is 61.3. The molecule has 8 aromatic carbocycles. The lowest BCUT2D eigenvalue weighted by atomic mass is 9.89. The van der Waals surface area contributed by atoms with Crippen molar-refractivity contribution in [2.24, 2.45) is 5.73 Å². The number of benzene rings is 8. The number of fused-ring (bicyclic) bond motifs is 1. The first-order chi connectivity index (χ1) is 32.0. The molecule has 0 aliphatic heterocycles. The fourth-order valence-electron chi connectivity index (χ4n) is 8.60. The number of rotatable bonds is 7. The molecular formula is C65H69N. The maximum atomic E-state index is 5.20. The molecule has 0 heterocycles. The van der Waals surface area contributed by atoms with Crippen LogP contribution >= 0.6 is 0 Å². The van der Waals surface area contributed by atoms with Crippen LogP contribution in [-0.4, -0.2) is 0 Å². The Kier molecular flexibility index (Phi) is 17.9. The van der Waals surface area contributed by atoms with E-state index in [1.54, 1.807) is 0 Å². The van der Waals surface area contributed by atoms with Crippen LogP contribution in [0.25, 0.3) is 44.2 Å². The Hall–Kier alpha value is -6.96. The first kappa shape index (κ1) is 48.5. The van der Waals surface area contributed by atoms with Gasteiger partial charge in [-0.2, -0.15) is 0 Å². The van der Waals surface area contributed by atoms with Gasteiger partial charge in [-0.25, -0.2) is 0 Å². The number of nitrogens with two attached hydrogens (primary N) is 1. The van der Waals surface area contributed by atoms with Gasteiger partial charge >= 0.3 is 0 Å². The predicted molar refractivity (Wildman–Crippen MR) is 289 cm³/mol. The minimum Gasteiger partial charge on any atom is -0.405 e. The van der Waals surface area contributed by atoms with Gasteiger partial charge in [0.05, 0.1) is 0 Å². The van der Waals surface area contributed by atoms with Crippen LogP contribution in [0.3, 0.4) is 0 Å². The standard InChI is InChI=1S/C23H24.C17H14.C13H16.C12H15N/c1-15-6-9-20(10-7-15)22-14-23(19(5)13-18(22)4)21-11-8-16(2)12-17(21)3;1-13-9-11-15(12-10-13)17-8-4-6-14-5-2-3-7-16(14)17;1-11-7-9-13(10-8-11)12-5-3-2-4-6-12;1-11-6-5-8-12(10-11)7-3-2-4-9-13/h6-14H,1-5H3;2-12H,1H3;3,5,7-10,12H,2,4,6H2,1H3;2-6,8-10H,7,13H2,1H3/b;;;3-2-,9-4-. The summed E-state index contributed by atoms with van der Waals surface area (Å²) in [5.41, 5.74) is 26.5. The van der Waals surface area contributed by atoms with Gasteiger partial charge < -0.3 is 5.73 Å². The second-order valence-electron chi connectivity index (χ2n) is 17.9. The van der Waals surface area contributed by atoms with Gasteiger partial charge in [-0.15, -0.1) is 0 Å². The van der Waals surface area contributed by atoms with Crippen molar-refractivity contribution in [3.05, 3.63) is 262 Å². The van der Waals surface area contributed by atoms with E-state index >= 15 is 0 Å². The van der Waals surface area contributed by atoms with Gasteiger partial charge in [0.1, 0.15) is 0 Å². The monoisotopic (exact) mass is 864 g/mol. The summed E-state index contributed by atoms with van der Waals surface area (Å²) in [6.07, 6.45) is 17.0. The Balaban J connectivity index is 0.000000150. The maximum absolute atomic E-state index is 5.20. The topological polar surface area (TPSA) is 26.0 Å². The van der Waals surface area contributed by atoms with E-state index in [1.807, 2.05) is 12.2 Å². The van der Waals surface area contributed by atoms with Gasteiger partial charge in [0.25, 0.3) is 0 Å². The molecule has 0 bridgehead atoms. The third-order valence-corrected chi connectivity index (χ3v) is 12.3. The Morgan fingerprint density at radius 2 is 1.05 bits per heavy atom. The van der Waals surface area contributed by atoms with Crippen LogP contribution in [0.15, 0.2) is 206 Å². The summed E-state index contributed by atoms with van der Waals surface area (Å²) in [6.45, 7) is 17.3. The smallest absolute Gasteiger partial charge is 0.00180 e. The predicted octanol–water partition coefficient (Wildman–Crippen LogP) is 17.8. The van der Waals surface area contributed by atoms with E-state index in [4.69, 9.17) is 5.73 Å². The molecule has 8 aromatic rings. The zero-order valence-corrected chi connectivity index (χ0v) is 40.6. The van der Waals surface area contributed by atoms with E-state index < -0.39 is 0 Å². The Bertz CT molecular complexity index is 2860. The van der Waals surface area contributed by atoms with Crippen LogP contribution < -0.4 is 5.73 Å². The van der Waals surface area contributed by atoms with Crippen molar-refractivity contribution in [1.29, 1.82) is 0 Å². The number of hydrogen-bond donors (Lipinski definition) is 1. The third-order valence-electron chi connectivity index (χ3n) is 12.3. The molecular weight excluding hydrogens is 795 g/mol. The van der Waals surface area contributed by atoms with Crippen molar-refractivity contribution in [2.75, 3.05) is 0 Å². The third kappa shape index (κ3) is 14.0. The second kappa shape index (κ2) is 24.4. The highest BCUT2D eigenvalue weighted by Gasteiger charge is 2.12. The van der Waals surface area contributed by atoms with E-state index in [0.717, 1.165) is 6.42 Å². The molecule has 9 rings (SSSR count). The van der Waals surface area contributed by atoms with Crippen molar-refractivity contribution in [2.45, 2.75) is 87.0 Å². The van der Waals surface area contributed by atoms with Crippen molar-refractivity contribution in [3.63, 3.8) is 0 Å². The highest BCUT2D eigenvalue weighted by molar-refractivity contribution is 5.96. The molecule has 0 saturated heterocycles. The van der Waals surface area contributed by atoms with Crippen molar-refractivity contribution < 1.29 is 0 Å². The van der Waals surface area contributed by atoms with Crippen LogP contribution in [0.4, 0.5) is 0 Å². The fourth-order valence-corrected chi connectivity index (χ4v) is 8.60. The van der Waals surface area contributed by atoms with Gasteiger partial charge in [0, 0.05) is 5.92 Å². The average Bonchev–Trinajstić information content (AvgIpc) is 3.32. The lowest BCUT2D eigenvalue weighted by molar-refractivity contribution is 0.654. The van der Waals surface area contributed by atoms with E-state index in [1.165, 1.54) is 125 Å². The summed E-state index contributed by atoms with van der Waals surface area (Å²) in [4.78, 5) is 0. The molecule has 1 nitrogen and oxygen atoms in total. The second-order valence-corrected chi connectivity index (χ2v) is 17.9.